The smallest absolute Gasteiger partial charge is 0.501 e. The van der Waals surface area contributed by atoms with E-state index in [0.29, 0.717) is 17.8 Å². The summed E-state index contributed by atoms with van der Waals surface area (Å²) in [5.74, 6) is 2.01. The number of aryl methyl sites for hydroxylation is 3. The molecule has 3 aliphatic carbocycles. The topological polar surface area (TPSA) is 78.1 Å². The number of furan rings is 3. The second kappa shape index (κ2) is 23.3. The van der Waals surface area contributed by atoms with E-state index in [1.165, 1.54) is 162 Å². The van der Waals surface area contributed by atoms with Crippen molar-refractivity contribution in [3.05, 3.63) is 198 Å². The summed E-state index contributed by atoms with van der Waals surface area (Å²) in [7, 11) is 0. The standard InChI is InChI=1S/3C24H22NO.Ir/c3*1-16-11-12-19(24-23(16)20-9-5-6-10-22(20)26-24)21-15-18(13-14-25-21)17-7-3-2-4-8-17;/h3*5-6,9-11,13-15,17H,2-4,7-8H2,1H3;/q3*-1;+3. The third-order valence-corrected chi connectivity index (χ3v) is 17.3. The summed E-state index contributed by atoms with van der Waals surface area (Å²) in [5.41, 5.74) is 19.1. The van der Waals surface area contributed by atoms with Crippen molar-refractivity contribution < 1.29 is 33.4 Å². The fraction of sp³-hybridized carbons (Fsp3) is 0.292. The molecule has 15 rings (SSSR count). The first-order valence-electron chi connectivity index (χ1n) is 28.8. The molecule has 6 heterocycles. The van der Waals surface area contributed by atoms with Gasteiger partial charge in [0.2, 0.25) is 0 Å². The predicted molar refractivity (Wildman–Crippen MR) is 319 cm³/mol. The van der Waals surface area contributed by atoms with E-state index in [9.17, 15) is 0 Å². The van der Waals surface area contributed by atoms with Gasteiger partial charge < -0.3 is 28.2 Å². The van der Waals surface area contributed by atoms with Gasteiger partial charge in [-0.05, 0) is 110 Å². The molecule has 6 nitrogen and oxygen atoms in total. The van der Waals surface area contributed by atoms with Crippen LogP contribution in [0.3, 0.4) is 0 Å². The first kappa shape index (κ1) is 52.5. The Kier molecular flexibility index (Phi) is 15.5. The van der Waals surface area contributed by atoms with Gasteiger partial charge in [-0.2, -0.15) is 0 Å². The van der Waals surface area contributed by atoms with Crippen molar-refractivity contribution in [1.82, 2.24) is 15.0 Å². The summed E-state index contributed by atoms with van der Waals surface area (Å²) < 4.78 is 18.7. The second-order valence-corrected chi connectivity index (χ2v) is 22.4. The molecular weight excluding hydrogens is 1150 g/mol. The summed E-state index contributed by atoms with van der Waals surface area (Å²) in [4.78, 5) is 14.0. The van der Waals surface area contributed by atoms with Crippen LogP contribution in [0.1, 0.15) is 147 Å². The number of fused-ring (bicyclic) bond motifs is 9. The predicted octanol–water partition coefficient (Wildman–Crippen LogP) is 20.4. The number of aromatic nitrogens is 3. The van der Waals surface area contributed by atoms with Crippen LogP contribution >= 0.6 is 0 Å². The van der Waals surface area contributed by atoms with Crippen LogP contribution in [0.15, 0.2) is 159 Å². The number of para-hydroxylation sites is 3. The number of hydrogen-bond acceptors (Lipinski definition) is 6. The van der Waals surface area contributed by atoms with Crippen molar-refractivity contribution in [2.24, 2.45) is 0 Å². The van der Waals surface area contributed by atoms with Crippen LogP contribution in [0.2, 0.25) is 0 Å². The molecule has 0 N–H and O–H groups in total. The Bertz CT molecular complexity index is 3690. The Hall–Kier alpha value is -7.18. The van der Waals surface area contributed by atoms with Crippen molar-refractivity contribution in [3.63, 3.8) is 0 Å². The quantitative estimate of drug-likeness (QED) is 0.154. The molecular formula is C72H66IrN3O3. The summed E-state index contributed by atoms with van der Waals surface area (Å²) in [5, 5.41) is 7.04. The van der Waals surface area contributed by atoms with Gasteiger partial charge in [0.05, 0.1) is 16.7 Å². The maximum Gasteiger partial charge on any atom is 3.00 e. The number of pyridine rings is 3. The second-order valence-electron chi connectivity index (χ2n) is 22.4. The summed E-state index contributed by atoms with van der Waals surface area (Å²) in [6, 6.07) is 54.5. The van der Waals surface area contributed by atoms with Gasteiger partial charge in [0.1, 0.15) is 16.7 Å². The third kappa shape index (κ3) is 10.5. The molecule has 396 valence electrons. The molecule has 0 spiro atoms. The van der Waals surface area contributed by atoms with Gasteiger partial charge in [-0.25, -0.2) is 0 Å². The average molecular weight is 1210 g/mol. The van der Waals surface area contributed by atoms with Crippen molar-refractivity contribution in [2.45, 2.75) is 135 Å². The molecule has 3 saturated carbocycles. The first-order chi connectivity index (χ1) is 38.4. The van der Waals surface area contributed by atoms with Gasteiger partial charge in [-0.1, -0.05) is 201 Å². The maximum absolute atomic E-state index is 6.23. The van der Waals surface area contributed by atoms with Crippen molar-refractivity contribution >= 4 is 65.8 Å². The number of rotatable bonds is 6. The van der Waals surface area contributed by atoms with Crippen LogP contribution < -0.4 is 0 Å². The Labute approximate surface area is 477 Å². The first-order valence-corrected chi connectivity index (χ1v) is 28.8. The molecule has 0 aliphatic heterocycles. The molecule has 3 aliphatic rings. The van der Waals surface area contributed by atoms with Crippen molar-refractivity contribution in [3.8, 4) is 33.8 Å². The van der Waals surface area contributed by atoms with E-state index in [4.69, 9.17) is 13.3 Å². The number of hydrogen-bond donors (Lipinski definition) is 0. The minimum absolute atomic E-state index is 0. The van der Waals surface area contributed by atoms with Gasteiger partial charge in [0.15, 0.2) is 0 Å². The summed E-state index contributed by atoms with van der Waals surface area (Å²) in [6.07, 6.45) is 25.8. The molecule has 79 heavy (non-hydrogen) atoms. The summed E-state index contributed by atoms with van der Waals surface area (Å²) in [6.45, 7) is 6.36. The van der Waals surface area contributed by atoms with Crippen molar-refractivity contribution in [2.75, 3.05) is 0 Å². The molecule has 0 amide bonds. The van der Waals surface area contributed by atoms with E-state index in [2.05, 4.69) is 145 Å². The maximum atomic E-state index is 6.23. The van der Waals surface area contributed by atoms with Crippen LogP contribution in [0, 0.1) is 39.0 Å². The third-order valence-electron chi connectivity index (χ3n) is 17.3. The van der Waals surface area contributed by atoms with Gasteiger partial charge >= 0.3 is 20.1 Å². The average Bonchev–Trinajstić information content (AvgIpc) is 4.29. The largest absolute Gasteiger partial charge is 3.00 e. The number of nitrogens with zero attached hydrogens (tertiary/aromatic N) is 3. The zero-order valence-corrected chi connectivity index (χ0v) is 48.0. The SMILES string of the molecule is Cc1c[c-]c(-c2cc(C3CCCCC3)ccn2)c2oc3ccccc3c12.Cc1c[c-]c(-c2cc(C3CCCCC3)ccn2)c2oc3ccccc3c12.Cc1c[c-]c(-c2cc(C3CCCCC3)ccn2)c2oc3ccccc3c12.[Ir+3]. The van der Waals surface area contributed by atoms with E-state index in [1.807, 2.05) is 55.0 Å². The molecule has 7 heteroatoms. The normalized spacial score (nSPS) is 15.5. The Morgan fingerprint density at radius 3 is 0.937 bits per heavy atom. The molecule has 6 aromatic heterocycles. The Morgan fingerprint density at radius 1 is 0.367 bits per heavy atom. The van der Waals surface area contributed by atoms with Crippen LogP contribution in [-0.4, -0.2) is 15.0 Å². The minimum atomic E-state index is 0. The van der Waals surface area contributed by atoms with Crippen LogP contribution in [0.25, 0.3) is 99.6 Å². The molecule has 0 saturated heterocycles. The molecule has 6 aromatic carbocycles. The van der Waals surface area contributed by atoms with Crippen LogP contribution in [-0.2, 0) is 20.1 Å². The fourth-order valence-electron chi connectivity index (χ4n) is 13.2. The van der Waals surface area contributed by atoms with Gasteiger partial charge in [0, 0.05) is 34.7 Å². The summed E-state index contributed by atoms with van der Waals surface area (Å²) >= 11 is 0. The number of benzene rings is 6. The molecule has 0 unspecified atom stereocenters. The zero-order valence-electron chi connectivity index (χ0n) is 45.6. The van der Waals surface area contributed by atoms with Gasteiger partial charge in [0.25, 0.3) is 0 Å². The van der Waals surface area contributed by atoms with E-state index >= 15 is 0 Å². The monoisotopic (exact) mass is 1210 g/mol. The molecule has 0 atom stereocenters. The van der Waals surface area contributed by atoms with Crippen molar-refractivity contribution in [1.29, 1.82) is 0 Å². The molecule has 12 aromatic rings. The minimum Gasteiger partial charge on any atom is -0.501 e. The molecule has 0 bridgehead atoms. The molecule has 0 radical (unpaired) electrons. The van der Waals surface area contributed by atoms with Gasteiger partial charge in [-0.3, -0.25) is 0 Å². The zero-order chi connectivity index (χ0) is 52.5. The van der Waals surface area contributed by atoms with E-state index < -0.39 is 0 Å². The fourth-order valence-corrected chi connectivity index (χ4v) is 13.2. The van der Waals surface area contributed by atoms with Gasteiger partial charge in [-0.15, -0.1) is 53.1 Å². The van der Waals surface area contributed by atoms with Crippen LogP contribution in [0.5, 0.6) is 0 Å². The van der Waals surface area contributed by atoms with E-state index in [-0.39, 0.29) is 20.1 Å². The van der Waals surface area contributed by atoms with E-state index in [0.717, 1.165) is 67.3 Å². The molecule has 3 fully saturated rings. The Balaban J connectivity index is 0.000000118. The Morgan fingerprint density at radius 2 is 0.646 bits per heavy atom. The van der Waals surface area contributed by atoms with Crippen LogP contribution in [0.4, 0.5) is 0 Å². The van der Waals surface area contributed by atoms with E-state index in [1.54, 1.807) is 0 Å².